The van der Waals surface area contributed by atoms with Gasteiger partial charge in [0.05, 0.1) is 12.0 Å². The van der Waals surface area contributed by atoms with Crippen LogP contribution in [0.2, 0.25) is 0 Å². The van der Waals surface area contributed by atoms with E-state index in [9.17, 15) is 8.42 Å². The van der Waals surface area contributed by atoms with Crippen molar-refractivity contribution < 1.29 is 13.2 Å². The molecule has 0 aromatic heterocycles. The number of methoxy groups -OCH3 is 1. The van der Waals surface area contributed by atoms with Crippen molar-refractivity contribution in [3.63, 3.8) is 0 Å². The highest BCUT2D eigenvalue weighted by atomic mass is 32.2. The Labute approximate surface area is 196 Å². The van der Waals surface area contributed by atoms with E-state index in [1.165, 1.54) is 11.1 Å². The molecule has 0 bridgehead atoms. The van der Waals surface area contributed by atoms with E-state index in [0.29, 0.717) is 18.0 Å². The van der Waals surface area contributed by atoms with E-state index in [4.69, 9.17) is 4.74 Å². The van der Waals surface area contributed by atoms with Crippen LogP contribution in [0.25, 0.3) is 0 Å². The third kappa shape index (κ3) is 4.56. The molecule has 5 rings (SSSR count). The molecule has 0 spiro atoms. The van der Waals surface area contributed by atoms with Gasteiger partial charge in [-0.1, -0.05) is 54.6 Å². The van der Waals surface area contributed by atoms with Gasteiger partial charge in [0.15, 0.2) is 0 Å². The van der Waals surface area contributed by atoms with Gasteiger partial charge < -0.3 is 4.74 Å². The fourth-order valence-corrected chi connectivity index (χ4v) is 6.79. The molecule has 0 aliphatic carbocycles. The number of sulfonamides is 1. The molecule has 2 aliphatic heterocycles. The summed E-state index contributed by atoms with van der Waals surface area (Å²) in [6.07, 6.45) is 1.04. The molecular weight excluding hydrogens is 432 g/mol. The molecule has 33 heavy (non-hydrogen) atoms. The summed E-state index contributed by atoms with van der Waals surface area (Å²) in [5.74, 6) is 1.14. The van der Waals surface area contributed by atoms with Crippen LogP contribution >= 0.6 is 0 Å². The lowest BCUT2D eigenvalue weighted by Gasteiger charge is -2.32. The van der Waals surface area contributed by atoms with Crippen LogP contribution in [0.1, 0.15) is 22.6 Å². The summed E-state index contributed by atoms with van der Waals surface area (Å²) in [6, 6.07) is 25.5. The molecule has 1 fully saturated rings. The molecule has 3 aromatic rings. The number of benzene rings is 3. The van der Waals surface area contributed by atoms with Gasteiger partial charge >= 0.3 is 0 Å². The molecule has 2 atom stereocenters. The van der Waals surface area contributed by atoms with Crippen molar-refractivity contribution in [2.24, 2.45) is 5.92 Å². The maximum atomic E-state index is 13.4. The van der Waals surface area contributed by atoms with Gasteiger partial charge in [-0.05, 0) is 53.3 Å². The number of nitrogens with zero attached hydrogens (tertiary/aromatic N) is 2. The maximum Gasteiger partial charge on any atom is 0.243 e. The van der Waals surface area contributed by atoms with Crippen LogP contribution in [0.15, 0.2) is 83.8 Å². The zero-order chi connectivity index (χ0) is 22.8. The van der Waals surface area contributed by atoms with Gasteiger partial charge in [-0.25, -0.2) is 8.42 Å². The zero-order valence-electron chi connectivity index (χ0n) is 18.9. The number of fused-ring (bicyclic) bond motifs is 1. The van der Waals surface area contributed by atoms with Crippen molar-refractivity contribution in [2.45, 2.75) is 23.8 Å². The van der Waals surface area contributed by atoms with Crippen molar-refractivity contribution >= 4 is 10.0 Å². The standard InChI is InChI=1S/C27H30N2O3S/c1-32-25-11-7-10-22(16-25)27-20-29(33(30,31)26-12-3-2-4-13-26)19-24(27)18-28-15-14-21-8-5-6-9-23(21)17-28/h2-13,16,24,27H,14-15,17-20H2,1H3. The van der Waals surface area contributed by atoms with E-state index in [1.54, 1.807) is 35.7 Å². The van der Waals surface area contributed by atoms with Crippen molar-refractivity contribution in [3.8, 4) is 5.75 Å². The zero-order valence-corrected chi connectivity index (χ0v) is 19.7. The van der Waals surface area contributed by atoms with Gasteiger partial charge in [0, 0.05) is 38.6 Å². The normalized spacial score (nSPS) is 21.6. The number of rotatable bonds is 6. The average molecular weight is 463 g/mol. The maximum absolute atomic E-state index is 13.4. The molecule has 0 N–H and O–H groups in total. The minimum absolute atomic E-state index is 0.121. The first-order chi connectivity index (χ1) is 16.0. The quantitative estimate of drug-likeness (QED) is 0.552. The summed E-state index contributed by atoms with van der Waals surface area (Å²) in [6.45, 7) is 3.81. The van der Waals surface area contributed by atoms with Gasteiger partial charge in [0.25, 0.3) is 0 Å². The average Bonchev–Trinajstić information content (AvgIpc) is 3.29. The van der Waals surface area contributed by atoms with Crippen LogP contribution in [0, 0.1) is 5.92 Å². The minimum Gasteiger partial charge on any atom is -0.497 e. The van der Waals surface area contributed by atoms with Crippen LogP contribution in [0.5, 0.6) is 5.75 Å². The van der Waals surface area contributed by atoms with Crippen LogP contribution in [0.4, 0.5) is 0 Å². The Balaban J connectivity index is 1.42. The fourth-order valence-electron chi connectivity index (χ4n) is 5.25. The third-order valence-corrected chi connectivity index (χ3v) is 8.86. The highest BCUT2D eigenvalue weighted by Crippen LogP contribution is 2.38. The van der Waals surface area contributed by atoms with Crippen molar-refractivity contribution in [1.29, 1.82) is 0 Å². The molecule has 0 radical (unpaired) electrons. The van der Waals surface area contributed by atoms with E-state index in [2.05, 4.69) is 41.3 Å². The van der Waals surface area contributed by atoms with E-state index >= 15 is 0 Å². The van der Waals surface area contributed by atoms with Gasteiger partial charge in [0.1, 0.15) is 5.75 Å². The predicted molar refractivity (Wildman–Crippen MR) is 130 cm³/mol. The van der Waals surface area contributed by atoms with Crippen LogP contribution in [-0.2, 0) is 23.0 Å². The molecule has 2 heterocycles. The fraction of sp³-hybridized carbons (Fsp3) is 0.333. The predicted octanol–water partition coefficient (Wildman–Crippen LogP) is 4.16. The first-order valence-electron chi connectivity index (χ1n) is 11.5. The van der Waals surface area contributed by atoms with Crippen LogP contribution in [-0.4, -0.2) is 50.9 Å². The highest BCUT2D eigenvalue weighted by molar-refractivity contribution is 7.89. The summed E-state index contributed by atoms with van der Waals surface area (Å²) in [5.41, 5.74) is 3.95. The third-order valence-electron chi connectivity index (χ3n) is 7.01. The van der Waals surface area contributed by atoms with E-state index in [-0.39, 0.29) is 11.8 Å². The first kappa shape index (κ1) is 22.1. The molecule has 3 aromatic carbocycles. The van der Waals surface area contributed by atoms with E-state index < -0.39 is 10.0 Å². The van der Waals surface area contributed by atoms with Gasteiger partial charge in [0.2, 0.25) is 10.0 Å². The van der Waals surface area contributed by atoms with Crippen molar-refractivity contribution in [3.05, 3.63) is 95.6 Å². The first-order valence-corrected chi connectivity index (χ1v) is 13.0. The van der Waals surface area contributed by atoms with Gasteiger partial charge in [-0.2, -0.15) is 4.31 Å². The minimum atomic E-state index is -3.53. The van der Waals surface area contributed by atoms with Crippen molar-refractivity contribution in [1.82, 2.24) is 9.21 Å². The second-order valence-electron chi connectivity index (χ2n) is 9.03. The largest absolute Gasteiger partial charge is 0.497 e. The van der Waals surface area contributed by atoms with Gasteiger partial charge in [-0.3, -0.25) is 4.90 Å². The lowest BCUT2D eigenvalue weighted by atomic mass is 9.87. The Morgan fingerprint density at radius 1 is 0.909 bits per heavy atom. The number of ether oxygens (including phenoxy) is 1. The second kappa shape index (κ2) is 9.29. The van der Waals surface area contributed by atoms with E-state index in [0.717, 1.165) is 37.4 Å². The highest BCUT2D eigenvalue weighted by Gasteiger charge is 2.41. The molecule has 1 saturated heterocycles. The number of hydrogen-bond donors (Lipinski definition) is 0. The topological polar surface area (TPSA) is 49.9 Å². The summed E-state index contributed by atoms with van der Waals surface area (Å²) in [4.78, 5) is 2.85. The Bertz CT molecular complexity index is 1210. The Kier molecular flexibility index (Phi) is 6.23. The van der Waals surface area contributed by atoms with Crippen LogP contribution in [0.3, 0.4) is 0 Å². The van der Waals surface area contributed by atoms with Crippen molar-refractivity contribution in [2.75, 3.05) is 33.3 Å². The lowest BCUT2D eigenvalue weighted by molar-refractivity contribution is 0.210. The Hall–Kier alpha value is -2.67. The summed E-state index contributed by atoms with van der Waals surface area (Å²) in [7, 11) is -1.86. The summed E-state index contributed by atoms with van der Waals surface area (Å²) in [5, 5.41) is 0. The van der Waals surface area contributed by atoms with Gasteiger partial charge in [-0.15, -0.1) is 0 Å². The Morgan fingerprint density at radius 2 is 1.67 bits per heavy atom. The Morgan fingerprint density at radius 3 is 2.45 bits per heavy atom. The summed E-state index contributed by atoms with van der Waals surface area (Å²) >= 11 is 0. The molecule has 0 amide bonds. The second-order valence-corrected chi connectivity index (χ2v) is 11.0. The molecule has 172 valence electrons. The molecule has 6 heteroatoms. The SMILES string of the molecule is COc1cccc(C2CN(S(=O)(=O)c3ccccc3)CC2CN2CCc3ccccc3C2)c1. The molecule has 0 saturated carbocycles. The lowest BCUT2D eigenvalue weighted by Crippen LogP contribution is -2.37. The summed E-state index contributed by atoms with van der Waals surface area (Å²) < 4.78 is 34.0. The van der Waals surface area contributed by atoms with Crippen LogP contribution < -0.4 is 4.74 Å². The smallest absolute Gasteiger partial charge is 0.243 e. The molecule has 2 unspecified atom stereocenters. The van der Waals surface area contributed by atoms with E-state index in [1.807, 2.05) is 18.2 Å². The molecular formula is C27H30N2O3S. The molecule has 2 aliphatic rings. The molecule has 5 nitrogen and oxygen atoms in total. The monoisotopic (exact) mass is 462 g/mol. The number of hydrogen-bond acceptors (Lipinski definition) is 4.